The van der Waals surface area contributed by atoms with Crippen molar-refractivity contribution in [1.29, 1.82) is 0 Å². The van der Waals surface area contributed by atoms with E-state index in [0.29, 0.717) is 6.54 Å². The number of halogens is 1. The highest BCUT2D eigenvalue weighted by Crippen LogP contribution is 2.15. The SMILES string of the molecule is CN=C(NCCc1ccccn1)NCc1cccc2cccnc12.I. The molecule has 0 unspecified atom stereocenters. The molecule has 0 fully saturated rings. The van der Waals surface area contributed by atoms with Crippen molar-refractivity contribution in [3.8, 4) is 0 Å². The Balaban J connectivity index is 0.00000225. The van der Waals surface area contributed by atoms with Crippen molar-refractivity contribution >= 4 is 40.8 Å². The van der Waals surface area contributed by atoms with E-state index in [9.17, 15) is 0 Å². The maximum Gasteiger partial charge on any atom is 0.191 e. The molecule has 0 bridgehead atoms. The van der Waals surface area contributed by atoms with Gasteiger partial charge in [-0.2, -0.15) is 0 Å². The third-order valence-corrected chi connectivity index (χ3v) is 3.79. The normalized spacial score (nSPS) is 11.0. The summed E-state index contributed by atoms with van der Waals surface area (Å²) in [4.78, 5) is 13.1. The first-order valence-corrected chi connectivity index (χ1v) is 8.04. The Bertz CT molecular complexity index is 815. The van der Waals surface area contributed by atoms with Gasteiger partial charge >= 0.3 is 0 Å². The Morgan fingerprint density at radius 3 is 2.60 bits per heavy atom. The minimum atomic E-state index is 0. The zero-order valence-corrected chi connectivity index (χ0v) is 16.5. The Labute approximate surface area is 165 Å². The van der Waals surface area contributed by atoms with Crippen LogP contribution >= 0.6 is 24.0 Å². The first-order chi connectivity index (χ1) is 11.9. The van der Waals surface area contributed by atoms with Crippen molar-refractivity contribution in [3.63, 3.8) is 0 Å². The second-order valence-corrected chi connectivity index (χ2v) is 5.42. The number of aliphatic imine (C=N–C) groups is 1. The molecule has 2 aromatic heterocycles. The fourth-order valence-corrected chi connectivity index (χ4v) is 2.56. The van der Waals surface area contributed by atoms with E-state index in [2.05, 4.69) is 49.9 Å². The number of fused-ring (bicyclic) bond motifs is 1. The molecule has 0 saturated carbocycles. The maximum atomic E-state index is 4.48. The predicted octanol–water partition coefficient (Wildman–Crippen LogP) is 3.16. The zero-order valence-electron chi connectivity index (χ0n) is 14.1. The van der Waals surface area contributed by atoms with Gasteiger partial charge in [-0.15, -0.1) is 24.0 Å². The van der Waals surface area contributed by atoms with Crippen LogP contribution in [0.15, 0.2) is 65.9 Å². The van der Waals surface area contributed by atoms with Crippen LogP contribution in [0.25, 0.3) is 10.9 Å². The van der Waals surface area contributed by atoms with Crippen molar-refractivity contribution in [2.45, 2.75) is 13.0 Å². The number of hydrogen-bond donors (Lipinski definition) is 2. The molecule has 2 heterocycles. The quantitative estimate of drug-likeness (QED) is 0.359. The maximum absolute atomic E-state index is 4.48. The van der Waals surface area contributed by atoms with Crippen molar-refractivity contribution in [2.24, 2.45) is 4.99 Å². The fourth-order valence-electron chi connectivity index (χ4n) is 2.56. The first-order valence-electron chi connectivity index (χ1n) is 8.04. The van der Waals surface area contributed by atoms with Gasteiger partial charge in [0, 0.05) is 50.0 Å². The van der Waals surface area contributed by atoms with Crippen molar-refractivity contribution in [3.05, 3.63) is 72.2 Å². The van der Waals surface area contributed by atoms with Crippen LogP contribution in [0.4, 0.5) is 0 Å². The summed E-state index contributed by atoms with van der Waals surface area (Å²) in [5, 5.41) is 7.81. The highest BCUT2D eigenvalue weighted by Gasteiger charge is 2.03. The molecule has 0 aliphatic heterocycles. The van der Waals surface area contributed by atoms with Gasteiger partial charge in [0.15, 0.2) is 5.96 Å². The molecular formula is C19H22IN5. The summed E-state index contributed by atoms with van der Waals surface area (Å²) >= 11 is 0. The molecule has 0 radical (unpaired) electrons. The second kappa shape index (κ2) is 9.93. The standard InChI is InChI=1S/C19H21N5.HI/c1-20-19(23-13-10-17-9-2-3-11-21-17)24-14-16-7-4-6-15-8-5-12-22-18(15)16;/h2-9,11-12H,10,13-14H2,1H3,(H2,20,23,24);1H. The van der Waals surface area contributed by atoms with E-state index in [1.807, 2.05) is 36.7 Å². The third-order valence-electron chi connectivity index (χ3n) is 3.79. The number of para-hydroxylation sites is 1. The topological polar surface area (TPSA) is 62.2 Å². The number of nitrogens with one attached hydrogen (secondary N) is 2. The number of benzene rings is 1. The molecule has 130 valence electrons. The van der Waals surface area contributed by atoms with Crippen LogP contribution in [0.1, 0.15) is 11.3 Å². The molecule has 25 heavy (non-hydrogen) atoms. The van der Waals surface area contributed by atoms with Crippen LogP contribution in [0.3, 0.4) is 0 Å². The van der Waals surface area contributed by atoms with Gasteiger partial charge in [0.1, 0.15) is 0 Å². The number of aromatic nitrogens is 2. The van der Waals surface area contributed by atoms with Crippen LogP contribution in [-0.4, -0.2) is 29.5 Å². The van der Waals surface area contributed by atoms with Crippen LogP contribution in [-0.2, 0) is 13.0 Å². The molecule has 0 aliphatic carbocycles. The molecule has 6 heteroatoms. The second-order valence-electron chi connectivity index (χ2n) is 5.42. The lowest BCUT2D eigenvalue weighted by Gasteiger charge is -2.12. The lowest BCUT2D eigenvalue weighted by Crippen LogP contribution is -2.38. The molecule has 0 spiro atoms. The number of rotatable bonds is 5. The summed E-state index contributed by atoms with van der Waals surface area (Å²) in [6, 6.07) is 16.2. The average Bonchev–Trinajstić information content (AvgIpc) is 2.65. The van der Waals surface area contributed by atoms with Crippen LogP contribution in [0.5, 0.6) is 0 Å². The predicted molar refractivity (Wildman–Crippen MR) is 113 cm³/mol. The van der Waals surface area contributed by atoms with E-state index in [0.717, 1.165) is 41.1 Å². The zero-order chi connectivity index (χ0) is 16.6. The van der Waals surface area contributed by atoms with Crippen LogP contribution in [0, 0.1) is 0 Å². The van der Waals surface area contributed by atoms with Crippen molar-refractivity contribution < 1.29 is 0 Å². The lowest BCUT2D eigenvalue weighted by molar-refractivity contribution is 0.785. The summed E-state index contributed by atoms with van der Waals surface area (Å²) in [5.41, 5.74) is 3.25. The van der Waals surface area contributed by atoms with E-state index in [4.69, 9.17) is 0 Å². The molecule has 0 atom stereocenters. The smallest absolute Gasteiger partial charge is 0.191 e. The van der Waals surface area contributed by atoms with Gasteiger partial charge in [0.2, 0.25) is 0 Å². The van der Waals surface area contributed by atoms with Gasteiger partial charge in [-0.05, 0) is 23.8 Å². The average molecular weight is 447 g/mol. The summed E-state index contributed by atoms with van der Waals surface area (Å²) in [6.07, 6.45) is 4.50. The van der Waals surface area contributed by atoms with Gasteiger partial charge in [0.25, 0.3) is 0 Å². The monoisotopic (exact) mass is 447 g/mol. The third kappa shape index (κ3) is 5.38. The Morgan fingerprint density at radius 1 is 0.960 bits per heavy atom. The fraction of sp³-hybridized carbons (Fsp3) is 0.211. The summed E-state index contributed by atoms with van der Waals surface area (Å²) in [7, 11) is 1.78. The molecule has 3 rings (SSSR count). The summed E-state index contributed by atoms with van der Waals surface area (Å²) < 4.78 is 0. The molecule has 3 aromatic rings. The summed E-state index contributed by atoms with van der Waals surface area (Å²) in [6.45, 7) is 1.46. The van der Waals surface area contributed by atoms with Crippen molar-refractivity contribution in [2.75, 3.05) is 13.6 Å². The number of nitrogens with zero attached hydrogens (tertiary/aromatic N) is 3. The molecule has 0 saturated heterocycles. The van der Waals surface area contributed by atoms with Gasteiger partial charge in [-0.3, -0.25) is 15.0 Å². The van der Waals surface area contributed by atoms with Gasteiger partial charge in [0.05, 0.1) is 5.52 Å². The number of pyridine rings is 2. The highest BCUT2D eigenvalue weighted by atomic mass is 127. The molecule has 1 aromatic carbocycles. The Morgan fingerprint density at radius 2 is 1.80 bits per heavy atom. The number of hydrogen-bond acceptors (Lipinski definition) is 3. The van der Waals surface area contributed by atoms with E-state index in [1.54, 1.807) is 7.05 Å². The minimum Gasteiger partial charge on any atom is -0.356 e. The Hall–Kier alpha value is -2.22. The highest BCUT2D eigenvalue weighted by molar-refractivity contribution is 14.0. The van der Waals surface area contributed by atoms with E-state index in [1.165, 1.54) is 0 Å². The largest absolute Gasteiger partial charge is 0.356 e. The van der Waals surface area contributed by atoms with Gasteiger partial charge in [-0.25, -0.2) is 0 Å². The van der Waals surface area contributed by atoms with Crippen LogP contribution in [0.2, 0.25) is 0 Å². The van der Waals surface area contributed by atoms with Gasteiger partial charge < -0.3 is 10.6 Å². The molecule has 0 amide bonds. The molecule has 5 nitrogen and oxygen atoms in total. The van der Waals surface area contributed by atoms with Crippen LogP contribution < -0.4 is 10.6 Å². The molecule has 2 N–H and O–H groups in total. The van der Waals surface area contributed by atoms with Gasteiger partial charge in [-0.1, -0.05) is 30.3 Å². The Kier molecular flexibility index (Phi) is 7.59. The summed E-state index contributed by atoms with van der Waals surface area (Å²) in [5.74, 6) is 0.777. The van der Waals surface area contributed by atoms with Crippen molar-refractivity contribution in [1.82, 2.24) is 20.6 Å². The van der Waals surface area contributed by atoms with E-state index >= 15 is 0 Å². The number of guanidine groups is 1. The van der Waals surface area contributed by atoms with E-state index < -0.39 is 0 Å². The molecule has 0 aliphatic rings. The lowest BCUT2D eigenvalue weighted by atomic mass is 10.1. The van der Waals surface area contributed by atoms with E-state index in [-0.39, 0.29) is 24.0 Å². The first kappa shape index (κ1) is 19.1. The molecular weight excluding hydrogens is 425 g/mol. The minimum absolute atomic E-state index is 0.